The van der Waals surface area contributed by atoms with Crippen molar-refractivity contribution in [3.8, 4) is 11.8 Å². The number of nitro benzene ring substituents is 1. The number of nitro groups is 1. The zero-order valence-electron chi connectivity index (χ0n) is 8.60. The molecular weight excluding hydrogens is 234 g/mol. The summed E-state index contributed by atoms with van der Waals surface area (Å²) in [6.45, 7) is -3.00. The molecule has 0 spiro atoms. The van der Waals surface area contributed by atoms with E-state index in [2.05, 4.69) is 4.74 Å². The highest BCUT2D eigenvalue weighted by atomic mass is 19.3. The zero-order chi connectivity index (χ0) is 12.8. The topological polar surface area (TPSA) is 76.2 Å². The molecule has 17 heavy (non-hydrogen) atoms. The average Bonchev–Trinajstić information content (AvgIpc) is 2.26. The Kier molecular flexibility index (Phi) is 4.34. The van der Waals surface area contributed by atoms with Crippen LogP contribution in [0.15, 0.2) is 18.2 Å². The van der Waals surface area contributed by atoms with Crippen molar-refractivity contribution in [2.24, 2.45) is 0 Å². The van der Waals surface area contributed by atoms with Crippen LogP contribution in [0.5, 0.6) is 5.75 Å². The Morgan fingerprint density at radius 2 is 2.24 bits per heavy atom. The zero-order valence-corrected chi connectivity index (χ0v) is 8.60. The molecule has 1 aromatic rings. The lowest BCUT2D eigenvalue weighted by atomic mass is 10.1. The van der Waals surface area contributed by atoms with Gasteiger partial charge in [-0.3, -0.25) is 10.1 Å². The molecule has 1 aromatic carbocycles. The first kappa shape index (κ1) is 12.8. The number of aryl methyl sites for hydroxylation is 1. The monoisotopic (exact) mass is 242 g/mol. The maximum atomic E-state index is 12.1. The molecule has 0 aliphatic rings. The van der Waals surface area contributed by atoms with E-state index in [1.165, 1.54) is 0 Å². The third-order valence-corrected chi connectivity index (χ3v) is 1.98. The SMILES string of the molecule is N#CCCc1cc([N+](=O)[O-])ccc1OC(F)F. The highest BCUT2D eigenvalue weighted by Crippen LogP contribution is 2.26. The number of benzene rings is 1. The van der Waals surface area contributed by atoms with Crippen molar-refractivity contribution in [2.75, 3.05) is 0 Å². The van der Waals surface area contributed by atoms with Crippen LogP contribution in [0.25, 0.3) is 0 Å². The van der Waals surface area contributed by atoms with Crippen molar-refractivity contribution in [3.05, 3.63) is 33.9 Å². The number of ether oxygens (including phenoxy) is 1. The molecule has 0 fully saturated rings. The molecule has 0 radical (unpaired) electrons. The Morgan fingerprint density at radius 3 is 2.76 bits per heavy atom. The Balaban J connectivity index is 3.03. The average molecular weight is 242 g/mol. The standard InChI is InChI=1S/C10H8F2N2O3/c11-10(12)17-9-4-3-8(14(15)16)6-7(9)2-1-5-13/h3-4,6,10H,1-2H2. The van der Waals surface area contributed by atoms with Crippen LogP contribution in [0.3, 0.4) is 0 Å². The van der Waals surface area contributed by atoms with E-state index in [1.807, 2.05) is 6.07 Å². The first-order chi connectivity index (χ1) is 8.04. The highest BCUT2D eigenvalue weighted by Gasteiger charge is 2.14. The van der Waals surface area contributed by atoms with Crippen LogP contribution in [0.2, 0.25) is 0 Å². The van der Waals surface area contributed by atoms with Crippen molar-refractivity contribution in [1.82, 2.24) is 0 Å². The van der Waals surface area contributed by atoms with Crippen molar-refractivity contribution < 1.29 is 18.4 Å². The molecule has 7 heteroatoms. The van der Waals surface area contributed by atoms with Crippen molar-refractivity contribution >= 4 is 5.69 Å². The van der Waals surface area contributed by atoms with Gasteiger partial charge in [0.2, 0.25) is 0 Å². The van der Waals surface area contributed by atoms with Gasteiger partial charge in [0.05, 0.1) is 11.0 Å². The molecule has 0 saturated carbocycles. The van der Waals surface area contributed by atoms with Crippen LogP contribution in [0, 0.1) is 21.4 Å². The molecule has 0 N–H and O–H groups in total. The molecule has 0 unspecified atom stereocenters. The van der Waals surface area contributed by atoms with Crippen LogP contribution in [-0.4, -0.2) is 11.5 Å². The van der Waals surface area contributed by atoms with Crippen LogP contribution in [0.4, 0.5) is 14.5 Å². The maximum absolute atomic E-state index is 12.1. The van der Waals surface area contributed by atoms with E-state index in [-0.39, 0.29) is 29.8 Å². The molecule has 90 valence electrons. The Bertz CT molecular complexity index is 457. The van der Waals surface area contributed by atoms with Gasteiger partial charge >= 0.3 is 6.61 Å². The third kappa shape index (κ3) is 3.68. The largest absolute Gasteiger partial charge is 0.435 e. The van der Waals surface area contributed by atoms with Gasteiger partial charge in [-0.15, -0.1) is 0 Å². The lowest BCUT2D eigenvalue weighted by molar-refractivity contribution is -0.385. The number of nitrogens with zero attached hydrogens (tertiary/aromatic N) is 2. The second-order valence-electron chi connectivity index (χ2n) is 3.09. The van der Waals surface area contributed by atoms with E-state index in [4.69, 9.17) is 5.26 Å². The summed E-state index contributed by atoms with van der Waals surface area (Å²) in [5.74, 6) is -0.138. The molecule has 0 atom stereocenters. The van der Waals surface area contributed by atoms with Crippen LogP contribution in [-0.2, 0) is 6.42 Å². The quantitative estimate of drug-likeness (QED) is 0.587. The lowest BCUT2D eigenvalue weighted by Gasteiger charge is -2.09. The fraction of sp³-hybridized carbons (Fsp3) is 0.300. The molecule has 1 rings (SSSR count). The normalized spacial score (nSPS) is 10.0. The fourth-order valence-corrected chi connectivity index (χ4v) is 1.28. The summed E-state index contributed by atoms with van der Waals surface area (Å²) in [5.41, 5.74) is 0.000561. The summed E-state index contributed by atoms with van der Waals surface area (Å²) >= 11 is 0. The second-order valence-corrected chi connectivity index (χ2v) is 3.09. The number of halogens is 2. The van der Waals surface area contributed by atoms with Gasteiger partial charge in [-0.25, -0.2) is 0 Å². The number of non-ortho nitro benzene ring substituents is 1. The molecule has 0 aliphatic heterocycles. The predicted octanol–water partition coefficient (Wildman–Crippen LogP) is 2.65. The summed E-state index contributed by atoms with van der Waals surface area (Å²) in [5, 5.41) is 18.9. The number of nitriles is 1. The highest BCUT2D eigenvalue weighted by molar-refractivity contribution is 5.44. The van der Waals surface area contributed by atoms with Gasteiger partial charge in [0, 0.05) is 24.1 Å². The minimum atomic E-state index is -3.00. The maximum Gasteiger partial charge on any atom is 0.387 e. The van der Waals surface area contributed by atoms with Crippen LogP contribution in [0.1, 0.15) is 12.0 Å². The van der Waals surface area contributed by atoms with E-state index in [0.29, 0.717) is 0 Å². The summed E-state index contributed by atoms with van der Waals surface area (Å²) < 4.78 is 28.3. The lowest BCUT2D eigenvalue weighted by Crippen LogP contribution is -2.05. The van der Waals surface area contributed by atoms with E-state index >= 15 is 0 Å². The van der Waals surface area contributed by atoms with Gasteiger partial charge in [0.15, 0.2) is 0 Å². The van der Waals surface area contributed by atoms with Crippen LogP contribution < -0.4 is 4.74 Å². The predicted molar refractivity (Wildman–Crippen MR) is 53.7 cm³/mol. The minimum Gasteiger partial charge on any atom is -0.435 e. The molecular formula is C10H8F2N2O3. The van der Waals surface area contributed by atoms with Gasteiger partial charge in [-0.2, -0.15) is 14.0 Å². The van der Waals surface area contributed by atoms with Gasteiger partial charge in [0.25, 0.3) is 5.69 Å². The number of rotatable bonds is 5. The molecule has 0 heterocycles. The van der Waals surface area contributed by atoms with Crippen molar-refractivity contribution in [3.63, 3.8) is 0 Å². The van der Waals surface area contributed by atoms with Crippen LogP contribution >= 0.6 is 0 Å². The summed E-state index contributed by atoms with van der Waals surface area (Å²) in [4.78, 5) is 9.88. The minimum absolute atomic E-state index is 0.0702. The Labute approximate surface area is 95.4 Å². The Morgan fingerprint density at radius 1 is 1.53 bits per heavy atom. The fourth-order valence-electron chi connectivity index (χ4n) is 1.28. The number of hydrogen-bond donors (Lipinski definition) is 0. The van der Waals surface area contributed by atoms with E-state index in [1.54, 1.807) is 0 Å². The van der Waals surface area contributed by atoms with Gasteiger partial charge < -0.3 is 4.74 Å². The summed E-state index contributed by atoms with van der Waals surface area (Å²) in [6, 6.07) is 5.15. The van der Waals surface area contributed by atoms with E-state index in [0.717, 1.165) is 18.2 Å². The molecule has 0 aromatic heterocycles. The molecule has 0 bridgehead atoms. The third-order valence-electron chi connectivity index (χ3n) is 1.98. The molecule has 0 amide bonds. The number of hydrogen-bond acceptors (Lipinski definition) is 4. The van der Waals surface area contributed by atoms with Gasteiger partial charge in [0.1, 0.15) is 5.75 Å². The molecule has 0 saturated heterocycles. The molecule has 0 aliphatic carbocycles. The Hall–Kier alpha value is -2.23. The van der Waals surface area contributed by atoms with Gasteiger partial charge in [-0.05, 0) is 12.5 Å². The van der Waals surface area contributed by atoms with Crippen molar-refractivity contribution in [2.45, 2.75) is 19.5 Å². The van der Waals surface area contributed by atoms with E-state index in [9.17, 15) is 18.9 Å². The molecule has 5 nitrogen and oxygen atoms in total. The summed E-state index contributed by atoms with van der Waals surface area (Å²) in [6.07, 6.45) is 0.195. The number of alkyl halides is 2. The van der Waals surface area contributed by atoms with Crippen molar-refractivity contribution in [1.29, 1.82) is 5.26 Å². The summed E-state index contributed by atoms with van der Waals surface area (Å²) in [7, 11) is 0. The first-order valence-electron chi connectivity index (χ1n) is 4.63. The second kappa shape index (κ2) is 5.75. The smallest absolute Gasteiger partial charge is 0.387 e. The first-order valence-corrected chi connectivity index (χ1v) is 4.63. The van der Waals surface area contributed by atoms with Gasteiger partial charge in [-0.1, -0.05) is 0 Å². The van der Waals surface area contributed by atoms with E-state index < -0.39 is 11.5 Å².